The van der Waals surface area contributed by atoms with Gasteiger partial charge in [0.2, 0.25) is 0 Å². The molecule has 128 valence electrons. The van der Waals surface area contributed by atoms with Gasteiger partial charge in [0.25, 0.3) is 0 Å². The van der Waals surface area contributed by atoms with Crippen molar-refractivity contribution in [2.24, 2.45) is 0 Å². The van der Waals surface area contributed by atoms with E-state index >= 15 is 0 Å². The third-order valence-electron chi connectivity index (χ3n) is 3.77. The van der Waals surface area contributed by atoms with Crippen molar-refractivity contribution in [1.82, 2.24) is 0 Å². The van der Waals surface area contributed by atoms with Crippen LogP contribution in [0.2, 0.25) is 0 Å². The van der Waals surface area contributed by atoms with E-state index in [4.69, 9.17) is 13.6 Å². The third-order valence-corrected chi connectivity index (χ3v) is 4.83. The van der Waals surface area contributed by atoms with Gasteiger partial charge in [-0.1, -0.05) is 72.8 Å². The van der Waals surface area contributed by atoms with Gasteiger partial charge in [-0.05, 0) is 35.7 Å². The van der Waals surface area contributed by atoms with Crippen molar-refractivity contribution in [2.45, 2.75) is 0 Å². The van der Waals surface area contributed by atoms with Gasteiger partial charge in [0.15, 0.2) is 0 Å². The van der Waals surface area contributed by atoms with Crippen LogP contribution in [0.1, 0.15) is 0 Å². The molecule has 4 aromatic carbocycles. The molecule has 0 aliphatic heterocycles. The van der Waals surface area contributed by atoms with Crippen LogP contribution in [-0.2, 0) is 0 Å². The van der Waals surface area contributed by atoms with Gasteiger partial charge in [-0.2, -0.15) is 0 Å². The summed E-state index contributed by atoms with van der Waals surface area (Å²) in [5.74, 6) is 2.14. The molecule has 0 amide bonds. The van der Waals surface area contributed by atoms with E-state index in [0.29, 0.717) is 11.5 Å². The SMILES string of the molecule is c1ccc(OP(Oc2ccccc2)Oc2cccc3ccccc23)cc1. The Bertz CT molecular complexity index is 927. The van der Waals surface area contributed by atoms with Gasteiger partial charge in [0.1, 0.15) is 17.2 Å². The van der Waals surface area contributed by atoms with Crippen molar-refractivity contribution in [1.29, 1.82) is 0 Å². The van der Waals surface area contributed by atoms with Gasteiger partial charge in [-0.15, -0.1) is 0 Å². The second kappa shape index (κ2) is 7.90. The van der Waals surface area contributed by atoms with Crippen LogP contribution in [0.5, 0.6) is 17.2 Å². The molecule has 0 unspecified atom stereocenters. The van der Waals surface area contributed by atoms with Gasteiger partial charge in [0, 0.05) is 5.39 Å². The Balaban J connectivity index is 1.63. The second-order valence-corrected chi connectivity index (χ2v) is 6.60. The lowest BCUT2D eigenvalue weighted by molar-refractivity contribution is 0.390. The molecule has 4 aromatic rings. The van der Waals surface area contributed by atoms with Crippen molar-refractivity contribution >= 4 is 19.4 Å². The minimum atomic E-state index is -1.66. The summed E-state index contributed by atoms with van der Waals surface area (Å²) in [6.45, 7) is 0. The van der Waals surface area contributed by atoms with Crippen LogP contribution in [0.3, 0.4) is 0 Å². The number of rotatable bonds is 6. The quantitative estimate of drug-likeness (QED) is 0.362. The molecule has 0 atom stereocenters. The monoisotopic (exact) mass is 360 g/mol. The number of hydrogen-bond acceptors (Lipinski definition) is 3. The molecule has 0 radical (unpaired) electrons. The average molecular weight is 360 g/mol. The largest absolute Gasteiger partial charge is 0.530 e. The highest BCUT2D eigenvalue weighted by Gasteiger charge is 2.20. The summed E-state index contributed by atoms with van der Waals surface area (Å²) in [6.07, 6.45) is 0. The molecule has 0 bridgehead atoms. The predicted molar refractivity (Wildman–Crippen MR) is 106 cm³/mol. The molecule has 4 rings (SSSR count). The molecule has 0 spiro atoms. The molecule has 0 saturated heterocycles. The van der Waals surface area contributed by atoms with E-state index in [9.17, 15) is 0 Å². The fraction of sp³-hybridized carbons (Fsp3) is 0. The van der Waals surface area contributed by atoms with Gasteiger partial charge in [-0.25, -0.2) is 0 Å². The molecule has 0 N–H and O–H groups in total. The normalized spacial score (nSPS) is 10.7. The summed E-state index contributed by atoms with van der Waals surface area (Å²) in [7, 11) is -1.66. The first-order chi connectivity index (χ1) is 12.9. The Morgan fingerprint density at radius 2 is 1.00 bits per heavy atom. The molecule has 0 fully saturated rings. The highest BCUT2D eigenvalue weighted by Crippen LogP contribution is 2.43. The molecule has 0 aromatic heterocycles. The first kappa shape index (κ1) is 16.4. The standard InChI is InChI=1S/C22H17O3P/c1-3-12-19(13-4-1)23-26(24-20-14-5-2-6-15-20)25-22-17-9-11-18-10-7-8-16-21(18)22/h1-17H. The van der Waals surface area contributed by atoms with Crippen molar-refractivity contribution < 1.29 is 13.6 Å². The Morgan fingerprint density at radius 3 is 1.65 bits per heavy atom. The minimum absolute atomic E-state index is 0.703. The number of hydrogen-bond donors (Lipinski definition) is 0. The van der Waals surface area contributed by atoms with Crippen molar-refractivity contribution in [2.75, 3.05) is 0 Å². The van der Waals surface area contributed by atoms with Crippen LogP contribution in [0.4, 0.5) is 0 Å². The molecule has 4 heteroatoms. The topological polar surface area (TPSA) is 27.7 Å². The highest BCUT2D eigenvalue weighted by atomic mass is 31.2. The van der Waals surface area contributed by atoms with Crippen molar-refractivity contribution in [3.63, 3.8) is 0 Å². The van der Waals surface area contributed by atoms with E-state index in [1.807, 2.05) is 91.0 Å². The first-order valence-corrected chi connectivity index (χ1v) is 9.40. The zero-order valence-electron chi connectivity index (χ0n) is 14.0. The fourth-order valence-corrected chi connectivity index (χ4v) is 3.57. The predicted octanol–water partition coefficient (Wildman–Crippen LogP) is 6.60. The molecule has 0 saturated carbocycles. The maximum atomic E-state index is 6.16. The van der Waals surface area contributed by atoms with Crippen molar-refractivity contribution in [3.05, 3.63) is 103 Å². The zero-order chi connectivity index (χ0) is 17.6. The summed E-state index contributed by atoms with van der Waals surface area (Å²) >= 11 is 0. The summed E-state index contributed by atoms with van der Waals surface area (Å²) in [5.41, 5.74) is 0. The Hall–Kier alpha value is -3.03. The van der Waals surface area contributed by atoms with Crippen LogP contribution in [0.15, 0.2) is 103 Å². The number of para-hydroxylation sites is 2. The minimum Gasteiger partial charge on any atom is -0.409 e. The van der Waals surface area contributed by atoms with Gasteiger partial charge >= 0.3 is 8.60 Å². The van der Waals surface area contributed by atoms with Crippen LogP contribution >= 0.6 is 8.60 Å². The molecular formula is C22H17O3P. The van der Waals surface area contributed by atoms with Crippen LogP contribution < -0.4 is 13.6 Å². The smallest absolute Gasteiger partial charge is 0.409 e. The summed E-state index contributed by atoms with van der Waals surface area (Å²) in [4.78, 5) is 0. The van der Waals surface area contributed by atoms with Crippen LogP contribution in [-0.4, -0.2) is 0 Å². The molecule has 26 heavy (non-hydrogen) atoms. The molecule has 0 aliphatic carbocycles. The third kappa shape index (κ3) is 3.96. The van der Waals surface area contributed by atoms with Gasteiger partial charge < -0.3 is 13.6 Å². The van der Waals surface area contributed by atoms with Crippen LogP contribution in [0, 0.1) is 0 Å². The first-order valence-electron chi connectivity index (χ1n) is 8.30. The van der Waals surface area contributed by atoms with E-state index in [1.165, 1.54) is 0 Å². The Labute approximate surface area is 153 Å². The zero-order valence-corrected chi connectivity index (χ0v) is 14.9. The summed E-state index contributed by atoms with van der Waals surface area (Å²) in [6, 6.07) is 33.2. The summed E-state index contributed by atoms with van der Waals surface area (Å²) < 4.78 is 18.1. The summed E-state index contributed by atoms with van der Waals surface area (Å²) in [5, 5.41) is 2.13. The molecular weight excluding hydrogens is 343 g/mol. The Morgan fingerprint density at radius 1 is 0.462 bits per heavy atom. The highest BCUT2D eigenvalue weighted by molar-refractivity contribution is 7.43. The lowest BCUT2D eigenvalue weighted by atomic mass is 10.1. The van der Waals surface area contributed by atoms with E-state index in [1.54, 1.807) is 0 Å². The molecule has 0 aliphatic rings. The number of fused-ring (bicyclic) bond motifs is 1. The van der Waals surface area contributed by atoms with E-state index in [0.717, 1.165) is 16.5 Å². The number of benzene rings is 4. The van der Waals surface area contributed by atoms with Gasteiger partial charge in [-0.3, -0.25) is 0 Å². The molecule has 0 heterocycles. The molecule has 3 nitrogen and oxygen atoms in total. The van der Waals surface area contributed by atoms with E-state index in [-0.39, 0.29) is 0 Å². The van der Waals surface area contributed by atoms with Gasteiger partial charge in [0.05, 0.1) is 0 Å². The maximum absolute atomic E-state index is 6.16. The van der Waals surface area contributed by atoms with E-state index < -0.39 is 8.60 Å². The maximum Gasteiger partial charge on any atom is 0.530 e. The van der Waals surface area contributed by atoms with Crippen molar-refractivity contribution in [3.8, 4) is 17.2 Å². The lowest BCUT2D eigenvalue weighted by Crippen LogP contribution is -2.02. The van der Waals surface area contributed by atoms with Crippen LogP contribution in [0.25, 0.3) is 10.8 Å². The fourth-order valence-electron chi connectivity index (χ4n) is 2.55. The van der Waals surface area contributed by atoms with E-state index in [2.05, 4.69) is 12.1 Å². The Kier molecular flexibility index (Phi) is 5.00. The average Bonchev–Trinajstić information content (AvgIpc) is 2.70. The second-order valence-electron chi connectivity index (χ2n) is 5.60. The lowest BCUT2D eigenvalue weighted by Gasteiger charge is -2.18.